The first-order valence-electron chi connectivity index (χ1n) is 7.33. The Morgan fingerprint density at radius 1 is 1.32 bits per heavy atom. The standard InChI is InChI=1S/C14H25N5/c1-14(2,3)19-8-11(16-17-19)7-18-6-10-4-5-13(15)12(10)9-18/h8,10,12-13H,4-7,9,15H2,1-3H3. The van der Waals surface area contributed by atoms with Crippen LogP contribution >= 0.6 is 0 Å². The number of likely N-dealkylation sites (tertiary alicyclic amines) is 1. The fourth-order valence-electron chi connectivity index (χ4n) is 3.46. The van der Waals surface area contributed by atoms with E-state index in [1.165, 1.54) is 19.4 Å². The number of hydrogen-bond donors (Lipinski definition) is 1. The van der Waals surface area contributed by atoms with Crippen LogP contribution in [0.25, 0.3) is 0 Å². The van der Waals surface area contributed by atoms with Gasteiger partial charge in [-0.3, -0.25) is 4.90 Å². The molecule has 1 aromatic heterocycles. The van der Waals surface area contributed by atoms with Crippen LogP contribution in [0.1, 0.15) is 39.3 Å². The zero-order valence-electron chi connectivity index (χ0n) is 12.2. The summed E-state index contributed by atoms with van der Waals surface area (Å²) in [5.41, 5.74) is 7.26. The molecule has 5 heteroatoms. The normalized spacial score (nSPS) is 31.9. The number of fused-ring (bicyclic) bond motifs is 1. The van der Waals surface area contributed by atoms with Crippen LogP contribution in [-0.2, 0) is 12.1 Å². The minimum absolute atomic E-state index is 0.00905. The molecule has 1 aromatic rings. The van der Waals surface area contributed by atoms with Gasteiger partial charge in [0.1, 0.15) is 0 Å². The molecule has 5 nitrogen and oxygen atoms in total. The first-order chi connectivity index (χ1) is 8.93. The predicted molar refractivity (Wildman–Crippen MR) is 74.5 cm³/mol. The van der Waals surface area contributed by atoms with E-state index in [4.69, 9.17) is 5.73 Å². The summed E-state index contributed by atoms with van der Waals surface area (Å²) in [6.45, 7) is 9.66. The molecule has 1 saturated heterocycles. The summed E-state index contributed by atoms with van der Waals surface area (Å²) < 4.78 is 1.95. The van der Waals surface area contributed by atoms with Crippen LogP contribution in [0, 0.1) is 11.8 Å². The van der Waals surface area contributed by atoms with Crippen LogP contribution in [-0.4, -0.2) is 39.0 Å². The molecule has 3 rings (SSSR count). The van der Waals surface area contributed by atoms with Crippen LogP contribution in [0.5, 0.6) is 0 Å². The van der Waals surface area contributed by atoms with Crippen molar-refractivity contribution in [3.8, 4) is 0 Å². The highest BCUT2D eigenvalue weighted by molar-refractivity contribution is 5.00. The summed E-state index contributed by atoms with van der Waals surface area (Å²) in [5.74, 6) is 1.52. The second kappa shape index (κ2) is 4.56. The molecule has 2 aliphatic rings. The van der Waals surface area contributed by atoms with E-state index in [1.807, 2.05) is 4.68 Å². The van der Waals surface area contributed by atoms with Crippen LogP contribution in [0.4, 0.5) is 0 Å². The second-order valence-corrected chi connectivity index (χ2v) is 7.18. The summed E-state index contributed by atoms with van der Waals surface area (Å²) in [4.78, 5) is 2.49. The first kappa shape index (κ1) is 13.1. The maximum atomic E-state index is 6.18. The molecule has 2 fully saturated rings. The number of rotatable bonds is 2. The topological polar surface area (TPSA) is 60.0 Å². The quantitative estimate of drug-likeness (QED) is 0.871. The number of hydrogen-bond acceptors (Lipinski definition) is 4. The van der Waals surface area contributed by atoms with Gasteiger partial charge in [0, 0.05) is 25.7 Å². The molecule has 1 saturated carbocycles. The number of aromatic nitrogens is 3. The maximum absolute atomic E-state index is 6.18. The van der Waals surface area contributed by atoms with E-state index in [1.54, 1.807) is 0 Å². The molecule has 2 heterocycles. The zero-order chi connectivity index (χ0) is 13.6. The first-order valence-corrected chi connectivity index (χ1v) is 7.33. The Morgan fingerprint density at radius 2 is 2.11 bits per heavy atom. The van der Waals surface area contributed by atoms with Crippen LogP contribution < -0.4 is 5.73 Å². The molecular weight excluding hydrogens is 238 g/mol. The van der Waals surface area contributed by atoms with Crippen LogP contribution in [0.3, 0.4) is 0 Å². The largest absolute Gasteiger partial charge is 0.327 e. The van der Waals surface area contributed by atoms with E-state index in [0.29, 0.717) is 12.0 Å². The van der Waals surface area contributed by atoms with Gasteiger partial charge in [-0.1, -0.05) is 5.21 Å². The van der Waals surface area contributed by atoms with Gasteiger partial charge in [0.2, 0.25) is 0 Å². The van der Waals surface area contributed by atoms with E-state index in [9.17, 15) is 0 Å². The number of nitrogens with two attached hydrogens (primary N) is 1. The summed E-state index contributed by atoms with van der Waals surface area (Å²) >= 11 is 0. The van der Waals surface area contributed by atoms with Gasteiger partial charge in [-0.25, -0.2) is 4.68 Å². The molecule has 0 aromatic carbocycles. The molecule has 19 heavy (non-hydrogen) atoms. The fourth-order valence-corrected chi connectivity index (χ4v) is 3.46. The molecule has 2 N–H and O–H groups in total. The van der Waals surface area contributed by atoms with Crippen molar-refractivity contribution in [2.45, 2.75) is 51.7 Å². The Balaban J connectivity index is 1.62. The van der Waals surface area contributed by atoms with E-state index >= 15 is 0 Å². The van der Waals surface area contributed by atoms with Crippen molar-refractivity contribution in [3.05, 3.63) is 11.9 Å². The predicted octanol–water partition coefficient (Wildman–Crippen LogP) is 1.20. The smallest absolute Gasteiger partial charge is 0.0967 e. The second-order valence-electron chi connectivity index (χ2n) is 7.18. The van der Waals surface area contributed by atoms with Gasteiger partial charge < -0.3 is 5.73 Å². The summed E-state index contributed by atoms with van der Waals surface area (Å²) in [6.07, 6.45) is 4.59. The SMILES string of the molecule is CC(C)(C)n1cc(CN2CC3CCC(N)C3C2)nn1. The molecule has 106 valence electrons. The van der Waals surface area contributed by atoms with Crippen LogP contribution in [0.2, 0.25) is 0 Å². The molecule has 1 aliphatic carbocycles. The monoisotopic (exact) mass is 263 g/mol. The molecule has 0 bridgehead atoms. The van der Waals surface area contributed by atoms with Gasteiger partial charge in [0.15, 0.2) is 0 Å². The molecule has 0 radical (unpaired) electrons. The zero-order valence-corrected chi connectivity index (χ0v) is 12.2. The van der Waals surface area contributed by atoms with Gasteiger partial charge >= 0.3 is 0 Å². The molecular formula is C14H25N5. The van der Waals surface area contributed by atoms with Gasteiger partial charge in [0.05, 0.1) is 17.4 Å². The lowest BCUT2D eigenvalue weighted by atomic mass is 9.98. The average molecular weight is 263 g/mol. The van der Waals surface area contributed by atoms with Crippen LogP contribution in [0.15, 0.2) is 6.20 Å². The highest BCUT2D eigenvalue weighted by Gasteiger charge is 2.40. The molecule has 0 amide bonds. The van der Waals surface area contributed by atoms with Crippen molar-refractivity contribution >= 4 is 0 Å². The van der Waals surface area contributed by atoms with E-state index in [0.717, 1.165) is 24.7 Å². The summed E-state index contributed by atoms with van der Waals surface area (Å²) in [6, 6.07) is 0.417. The molecule has 3 atom stereocenters. The highest BCUT2D eigenvalue weighted by atomic mass is 15.4. The Hall–Kier alpha value is -0.940. The highest BCUT2D eigenvalue weighted by Crippen LogP contribution is 2.37. The maximum Gasteiger partial charge on any atom is 0.0967 e. The minimum atomic E-state index is 0.00905. The third-order valence-electron chi connectivity index (χ3n) is 4.60. The van der Waals surface area contributed by atoms with E-state index in [2.05, 4.69) is 42.2 Å². The summed E-state index contributed by atoms with van der Waals surface area (Å²) in [7, 11) is 0. The number of nitrogens with zero attached hydrogens (tertiary/aromatic N) is 4. The van der Waals surface area contributed by atoms with Gasteiger partial charge in [-0.15, -0.1) is 5.10 Å². The van der Waals surface area contributed by atoms with Crippen molar-refractivity contribution in [2.24, 2.45) is 17.6 Å². The third-order valence-corrected chi connectivity index (χ3v) is 4.60. The van der Waals surface area contributed by atoms with Crippen molar-refractivity contribution in [2.75, 3.05) is 13.1 Å². The molecule has 3 unspecified atom stereocenters. The van der Waals surface area contributed by atoms with Gasteiger partial charge in [0.25, 0.3) is 0 Å². The lowest BCUT2D eigenvalue weighted by molar-refractivity contribution is 0.294. The van der Waals surface area contributed by atoms with Crippen molar-refractivity contribution in [1.29, 1.82) is 0 Å². The lowest BCUT2D eigenvalue weighted by Gasteiger charge is -2.18. The average Bonchev–Trinajstić information content (AvgIpc) is 2.97. The van der Waals surface area contributed by atoms with Crippen molar-refractivity contribution in [1.82, 2.24) is 19.9 Å². The summed E-state index contributed by atoms with van der Waals surface area (Å²) in [5, 5.41) is 8.53. The van der Waals surface area contributed by atoms with Crippen molar-refractivity contribution < 1.29 is 0 Å². The third kappa shape index (κ3) is 2.54. The Morgan fingerprint density at radius 3 is 2.74 bits per heavy atom. The molecule has 1 aliphatic heterocycles. The Kier molecular flexibility index (Phi) is 3.14. The van der Waals surface area contributed by atoms with Gasteiger partial charge in [-0.2, -0.15) is 0 Å². The lowest BCUT2D eigenvalue weighted by Crippen LogP contribution is -2.30. The minimum Gasteiger partial charge on any atom is -0.327 e. The van der Waals surface area contributed by atoms with E-state index < -0.39 is 0 Å². The Labute approximate surface area is 115 Å². The molecule has 0 spiro atoms. The van der Waals surface area contributed by atoms with Crippen molar-refractivity contribution in [3.63, 3.8) is 0 Å². The van der Waals surface area contributed by atoms with Gasteiger partial charge in [-0.05, 0) is 45.4 Å². The Bertz CT molecular complexity index is 447. The fraction of sp³-hybridized carbons (Fsp3) is 0.857. The van der Waals surface area contributed by atoms with E-state index in [-0.39, 0.29) is 5.54 Å².